The van der Waals surface area contributed by atoms with E-state index in [0.29, 0.717) is 26.9 Å². The molecular weight excluding hydrogens is 402 g/mol. The molecule has 1 amide bonds. The van der Waals surface area contributed by atoms with Gasteiger partial charge in [0.2, 0.25) is 0 Å². The molecule has 0 radical (unpaired) electrons. The molecule has 0 fully saturated rings. The number of furan rings is 1. The highest BCUT2D eigenvalue weighted by Gasteiger charge is 2.21. The number of carbonyl (C=O) groups excluding carboxylic acids is 1. The SMILES string of the molecule is Cc1ccc(-c2nc(C)c(C(=O)N[C@@H](C#N)c3cccc(Br)c3)s2)o1. The molecule has 0 bridgehead atoms. The van der Waals surface area contributed by atoms with Crippen molar-refractivity contribution in [3.63, 3.8) is 0 Å². The number of halogens is 1. The van der Waals surface area contributed by atoms with Gasteiger partial charge in [0.05, 0.1) is 11.8 Å². The molecule has 0 unspecified atom stereocenters. The molecule has 0 aliphatic carbocycles. The molecule has 7 heteroatoms. The molecule has 1 aromatic carbocycles. The average molecular weight is 416 g/mol. The van der Waals surface area contributed by atoms with Crippen molar-refractivity contribution in [3.8, 4) is 16.8 Å². The Labute approximate surface area is 157 Å². The van der Waals surface area contributed by atoms with Crippen molar-refractivity contribution in [3.05, 3.63) is 62.8 Å². The molecule has 0 aliphatic heterocycles. The lowest BCUT2D eigenvalue weighted by atomic mass is 10.1. The van der Waals surface area contributed by atoms with Gasteiger partial charge in [-0.1, -0.05) is 28.1 Å². The summed E-state index contributed by atoms with van der Waals surface area (Å²) in [6.45, 7) is 3.62. The third kappa shape index (κ3) is 3.81. The molecule has 3 rings (SSSR count). The van der Waals surface area contributed by atoms with Crippen molar-refractivity contribution in [2.24, 2.45) is 0 Å². The fourth-order valence-electron chi connectivity index (χ4n) is 2.33. The van der Waals surface area contributed by atoms with E-state index in [4.69, 9.17) is 4.42 Å². The predicted molar refractivity (Wildman–Crippen MR) is 99.3 cm³/mol. The van der Waals surface area contributed by atoms with Crippen LogP contribution in [0.4, 0.5) is 0 Å². The van der Waals surface area contributed by atoms with Crippen LogP contribution in [0.25, 0.3) is 10.8 Å². The van der Waals surface area contributed by atoms with Gasteiger partial charge in [-0.15, -0.1) is 11.3 Å². The first-order valence-electron chi connectivity index (χ1n) is 7.48. The third-order valence-corrected chi connectivity index (χ3v) is 5.20. The van der Waals surface area contributed by atoms with Crippen LogP contribution in [0.1, 0.15) is 32.7 Å². The standard InChI is InChI=1S/C18H14BrN3O2S/c1-10-6-7-15(24-10)18-21-11(2)16(25-18)17(23)22-14(9-20)12-4-3-5-13(19)8-12/h3-8,14H,1-2H3,(H,22,23)/t14-/m0/s1. The molecule has 2 heterocycles. The molecule has 5 nitrogen and oxygen atoms in total. The van der Waals surface area contributed by atoms with Gasteiger partial charge in [-0.25, -0.2) is 4.98 Å². The summed E-state index contributed by atoms with van der Waals surface area (Å²) in [5.74, 6) is 1.09. The van der Waals surface area contributed by atoms with Gasteiger partial charge in [0.25, 0.3) is 5.91 Å². The summed E-state index contributed by atoms with van der Waals surface area (Å²) in [6, 6.07) is 12.4. The molecule has 25 heavy (non-hydrogen) atoms. The van der Waals surface area contributed by atoms with E-state index in [1.54, 1.807) is 13.0 Å². The number of aromatic nitrogens is 1. The Morgan fingerprint density at radius 3 is 2.80 bits per heavy atom. The van der Waals surface area contributed by atoms with Crippen LogP contribution < -0.4 is 5.32 Å². The van der Waals surface area contributed by atoms with E-state index in [9.17, 15) is 10.1 Å². The highest BCUT2D eigenvalue weighted by molar-refractivity contribution is 9.10. The van der Waals surface area contributed by atoms with Crippen LogP contribution in [0.3, 0.4) is 0 Å². The van der Waals surface area contributed by atoms with Gasteiger partial charge in [-0.3, -0.25) is 4.79 Å². The number of hydrogen-bond acceptors (Lipinski definition) is 5. The lowest BCUT2D eigenvalue weighted by Gasteiger charge is -2.11. The molecule has 3 aromatic rings. The van der Waals surface area contributed by atoms with Crippen LogP contribution >= 0.6 is 27.3 Å². The van der Waals surface area contributed by atoms with Crippen LogP contribution in [0.15, 0.2) is 45.3 Å². The number of carbonyl (C=O) groups is 1. The summed E-state index contributed by atoms with van der Waals surface area (Å²) in [5.41, 5.74) is 1.33. The number of hydrogen-bond donors (Lipinski definition) is 1. The van der Waals surface area contributed by atoms with Crippen molar-refractivity contribution in [2.75, 3.05) is 0 Å². The molecule has 0 saturated carbocycles. The first-order valence-corrected chi connectivity index (χ1v) is 9.09. The Kier molecular flexibility index (Phi) is 5.02. The Bertz CT molecular complexity index is 971. The summed E-state index contributed by atoms with van der Waals surface area (Å²) < 4.78 is 6.41. The van der Waals surface area contributed by atoms with Gasteiger partial charge in [0, 0.05) is 4.47 Å². The number of aryl methyl sites for hydroxylation is 2. The Hall–Kier alpha value is -2.43. The van der Waals surface area contributed by atoms with Gasteiger partial charge < -0.3 is 9.73 Å². The lowest BCUT2D eigenvalue weighted by Crippen LogP contribution is -2.27. The van der Waals surface area contributed by atoms with Gasteiger partial charge in [-0.05, 0) is 43.7 Å². The number of rotatable bonds is 4. The molecule has 126 valence electrons. The maximum absolute atomic E-state index is 12.6. The van der Waals surface area contributed by atoms with Crippen LogP contribution in [0.2, 0.25) is 0 Å². The number of benzene rings is 1. The maximum Gasteiger partial charge on any atom is 0.264 e. The quantitative estimate of drug-likeness (QED) is 0.664. The number of amides is 1. The zero-order valence-electron chi connectivity index (χ0n) is 13.5. The third-order valence-electron chi connectivity index (χ3n) is 3.54. The summed E-state index contributed by atoms with van der Waals surface area (Å²) in [4.78, 5) is 17.5. The zero-order valence-corrected chi connectivity index (χ0v) is 15.9. The van der Waals surface area contributed by atoms with Crippen molar-refractivity contribution in [2.45, 2.75) is 19.9 Å². The van der Waals surface area contributed by atoms with Crippen molar-refractivity contribution in [1.29, 1.82) is 5.26 Å². The first kappa shape index (κ1) is 17.4. The van der Waals surface area contributed by atoms with Crippen molar-refractivity contribution >= 4 is 33.2 Å². The van der Waals surface area contributed by atoms with E-state index in [2.05, 4.69) is 32.3 Å². The minimum absolute atomic E-state index is 0.323. The highest BCUT2D eigenvalue weighted by Crippen LogP contribution is 2.29. The Balaban J connectivity index is 1.83. The summed E-state index contributed by atoms with van der Waals surface area (Å²) in [5, 5.41) is 12.8. The Morgan fingerprint density at radius 1 is 1.36 bits per heavy atom. The summed E-state index contributed by atoms with van der Waals surface area (Å²) in [7, 11) is 0. The maximum atomic E-state index is 12.6. The molecule has 0 aliphatic rings. The highest BCUT2D eigenvalue weighted by atomic mass is 79.9. The van der Waals surface area contributed by atoms with E-state index in [0.717, 1.165) is 10.2 Å². The monoisotopic (exact) mass is 415 g/mol. The average Bonchev–Trinajstić information content (AvgIpc) is 3.18. The van der Waals surface area contributed by atoms with Gasteiger partial charge in [-0.2, -0.15) is 5.26 Å². The van der Waals surface area contributed by atoms with Crippen LogP contribution in [0.5, 0.6) is 0 Å². The lowest BCUT2D eigenvalue weighted by molar-refractivity contribution is 0.0948. The summed E-state index contributed by atoms with van der Waals surface area (Å²) >= 11 is 4.62. The van der Waals surface area contributed by atoms with E-state index < -0.39 is 6.04 Å². The van der Waals surface area contributed by atoms with E-state index in [1.807, 2.05) is 37.3 Å². The minimum Gasteiger partial charge on any atom is -0.459 e. The van der Waals surface area contributed by atoms with Gasteiger partial charge in [0.1, 0.15) is 16.7 Å². The molecule has 0 spiro atoms. The van der Waals surface area contributed by atoms with Gasteiger partial charge in [0.15, 0.2) is 10.8 Å². The van der Waals surface area contributed by atoms with E-state index in [-0.39, 0.29) is 5.91 Å². The van der Waals surface area contributed by atoms with Crippen LogP contribution in [-0.2, 0) is 0 Å². The van der Waals surface area contributed by atoms with Gasteiger partial charge >= 0.3 is 0 Å². The molecule has 2 aromatic heterocycles. The zero-order chi connectivity index (χ0) is 18.0. The molecular formula is C18H14BrN3O2S. The number of nitrogens with zero attached hydrogens (tertiary/aromatic N) is 2. The van der Waals surface area contributed by atoms with Crippen molar-refractivity contribution < 1.29 is 9.21 Å². The normalized spacial score (nSPS) is 11.8. The summed E-state index contributed by atoms with van der Waals surface area (Å²) in [6.07, 6.45) is 0. The van der Waals surface area contributed by atoms with Crippen LogP contribution in [0, 0.1) is 25.2 Å². The first-order chi connectivity index (χ1) is 12.0. The second-order valence-electron chi connectivity index (χ2n) is 5.43. The Morgan fingerprint density at radius 2 is 2.16 bits per heavy atom. The fourth-order valence-corrected chi connectivity index (χ4v) is 3.68. The number of nitrogens with one attached hydrogen (secondary N) is 1. The fraction of sp³-hybridized carbons (Fsp3) is 0.167. The topological polar surface area (TPSA) is 78.9 Å². The van der Waals surface area contributed by atoms with Crippen molar-refractivity contribution in [1.82, 2.24) is 10.3 Å². The minimum atomic E-state index is -0.735. The molecule has 1 atom stereocenters. The molecule has 0 saturated heterocycles. The predicted octanol–water partition coefficient (Wildman–Crippen LogP) is 4.78. The van der Waals surface area contributed by atoms with E-state index >= 15 is 0 Å². The molecule has 1 N–H and O–H groups in total. The smallest absolute Gasteiger partial charge is 0.264 e. The number of nitriles is 1. The van der Waals surface area contributed by atoms with E-state index in [1.165, 1.54) is 11.3 Å². The second kappa shape index (κ2) is 7.21. The second-order valence-corrected chi connectivity index (χ2v) is 7.35. The van der Waals surface area contributed by atoms with Crippen LogP contribution in [-0.4, -0.2) is 10.9 Å². The number of thiazole rings is 1. The largest absolute Gasteiger partial charge is 0.459 e.